The molecule has 0 unspecified atom stereocenters. The minimum atomic E-state index is -0.622. The number of amides is 1. The molecule has 1 atom stereocenters. The fourth-order valence-electron chi connectivity index (χ4n) is 2.89. The van der Waals surface area contributed by atoms with Gasteiger partial charge in [0.15, 0.2) is 5.78 Å². The molecule has 0 saturated heterocycles. The highest BCUT2D eigenvalue weighted by molar-refractivity contribution is 6.06. The molecule has 0 spiro atoms. The van der Waals surface area contributed by atoms with Crippen molar-refractivity contribution in [2.45, 2.75) is 46.6 Å². The molecule has 1 amide bonds. The van der Waals surface area contributed by atoms with Crippen LogP contribution in [0.3, 0.4) is 0 Å². The Morgan fingerprint density at radius 2 is 1.84 bits per heavy atom. The fourth-order valence-corrected chi connectivity index (χ4v) is 2.89. The summed E-state index contributed by atoms with van der Waals surface area (Å²) in [4.78, 5) is 41.6. The van der Waals surface area contributed by atoms with E-state index in [1.807, 2.05) is 0 Å². The van der Waals surface area contributed by atoms with Crippen molar-refractivity contribution < 1.29 is 23.9 Å². The molecule has 1 aromatic heterocycles. The summed E-state index contributed by atoms with van der Waals surface area (Å²) >= 11 is 0. The molecule has 0 aliphatic rings. The molecule has 7 nitrogen and oxygen atoms in total. The molecule has 0 aliphatic heterocycles. The van der Waals surface area contributed by atoms with Crippen molar-refractivity contribution in [1.29, 1.82) is 0 Å². The summed E-state index contributed by atoms with van der Waals surface area (Å²) in [5, 5.41) is 0. The number of nitrogens with one attached hydrogen (secondary N) is 1. The summed E-state index contributed by atoms with van der Waals surface area (Å²) < 4.78 is 9.77. The van der Waals surface area contributed by atoms with Gasteiger partial charge >= 0.3 is 5.97 Å². The largest absolute Gasteiger partial charge is 0.464 e. The van der Waals surface area contributed by atoms with Crippen molar-refractivity contribution in [3.63, 3.8) is 0 Å². The number of nitrogens with zero attached hydrogens (tertiary/aromatic N) is 1. The fraction of sp³-hybridized carbons (Fsp3) is 0.611. The molecule has 0 aliphatic carbocycles. The van der Waals surface area contributed by atoms with E-state index in [0.29, 0.717) is 42.8 Å². The first kappa shape index (κ1) is 20.9. The molecular weight excluding hydrogens is 324 g/mol. The maximum atomic E-state index is 13.0. The zero-order valence-corrected chi connectivity index (χ0v) is 15.9. The highest BCUT2D eigenvalue weighted by Crippen LogP contribution is 2.22. The average Bonchev–Trinajstić information content (AvgIpc) is 2.90. The summed E-state index contributed by atoms with van der Waals surface area (Å²) in [5.74, 6) is -0.800. The van der Waals surface area contributed by atoms with Gasteiger partial charge in [0, 0.05) is 37.9 Å². The Kier molecular flexibility index (Phi) is 7.83. The van der Waals surface area contributed by atoms with E-state index in [1.165, 1.54) is 7.11 Å². The number of ketones is 1. The Morgan fingerprint density at radius 3 is 2.36 bits per heavy atom. The summed E-state index contributed by atoms with van der Waals surface area (Å²) in [6, 6.07) is -0.622. The lowest BCUT2D eigenvalue weighted by atomic mass is 9.99. The number of ether oxygens (including phenoxy) is 2. The molecule has 0 radical (unpaired) electrons. The van der Waals surface area contributed by atoms with Crippen LogP contribution >= 0.6 is 0 Å². The predicted octanol–water partition coefficient (Wildman–Crippen LogP) is 2.26. The minimum Gasteiger partial charge on any atom is -0.464 e. The molecule has 0 bridgehead atoms. The number of carbonyl (C=O) groups is 3. The minimum absolute atomic E-state index is 0.0870. The summed E-state index contributed by atoms with van der Waals surface area (Å²) in [7, 11) is 2.89. The van der Waals surface area contributed by atoms with Crippen LogP contribution in [-0.2, 0) is 14.3 Å². The molecular formula is C18H28N2O5. The Bertz CT molecular complexity index is 636. The lowest BCUT2D eigenvalue weighted by Gasteiger charge is -2.28. The number of aryl methyl sites for hydroxylation is 1. The Labute approximate surface area is 148 Å². The van der Waals surface area contributed by atoms with E-state index >= 15 is 0 Å². The van der Waals surface area contributed by atoms with Gasteiger partial charge in [-0.05, 0) is 32.8 Å². The molecule has 25 heavy (non-hydrogen) atoms. The number of aromatic amines is 1. The molecule has 1 rings (SSSR count). The number of Topliss-reactive ketones (excluding diaryl/α,β-unsaturated/α-hetero) is 1. The highest BCUT2D eigenvalue weighted by Gasteiger charge is 2.30. The summed E-state index contributed by atoms with van der Waals surface area (Å²) in [6.45, 7) is 7.88. The molecule has 1 heterocycles. The number of carbonyl (C=O) groups excluding carboxylic acids is 3. The normalized spacial score (nSPS) is 11.9. The maximum absolute atomic E-state index is 13.0. The predicted molar refractivity (Wildman–Crippen MR) is 93.9 cm³/mol. The smallest absolute Gasteiger partial charge is 0.354 e. The van der Waals surface area contributed by atoms with Gasteiger partial charge in [0.2, 0.25) is 5.91 Å². The van der Waals surface area contributed by atoms with Crippen LogP contribution in [0.4, 0.5) is 0 Å². The number of hydrogen-bond acceptors (Lipinski definition) is 5. The highest BCUT2D eigenvalue weighted by atomic mass is 16.5. The van der Waals surface area contributed by atoms with Gasteiger partial charge in [0.25, 0.3) is 0 Å². The van der Waals surface area contributed by atoms with E-state index in [-0.39, 0.29) is 17.4 Å². The van der Waals surface area contributed by atoms with Crippen molar-refractivity contribution in [2.75, 3.05) is 27.4 Å². The number of rotatable bonds is 9. The van der Waals surface area contributed by atoms with Gasteiger partial charge < -0.3 is 19.4 Å². The van der Waals surface area contributed by atoms with Gasteiger partial charge in [-0.15, -0.1) is 0 Å². The van der Waals surface area contributed by atoms with Crippen LogP contribution in [0.5, 0.6) is 0 Å². The lowest BCUT2D eigenvalue weighted by molar-refractivity contribution is -0.132. The molecule has 140 valence electrons. The van der Waals surface area contributed by atoms with Gasteiger partial charge in [-0.2, -0.15) is 0 Å². The molecule has 0 fully saturated rings. The van der Waals surface area contributed by atoms with Crippen molar-refractivity contribution in [3.05, 3.63) is 22.5 Å². The zero-order chi connectivity index (χ0) is 19.1. The number of methoxy groups -OCH3 is 2. The van der Waals surface area contributed by atoms with Gasteiger partial charge in [-0.3, -0.25) is 9.59 Å². The third-order valence-corrected chi connectivity index (χ3v) is 4.29. The van der Waals surface area contributed by atoms with E-state index in [0.717, 1.165) is 0 Å². The molecule has 1 aromatic rings. The number of esters is 1. The molecule has 7 heteroatoms. The number of hydrogen-bond donors (Lipinski definition) is 1. The number of aromatic nitrogens is 1. The Morgan fingerprint density at radius 1 is 1.20 bits per heavy atom. The van der Waals surface area contributed by atoms with Crippen LogP contribution in [0.25, 0.3) is 0 Å². The average molecular weight is 352 g/mol. The van der Waals surface area contributed by atoms with Gasteiger partial charge in [0.1, 0.15) is 5.69 Å². The van der Waals surface area contributed by atoms with E-state index in [9.17, 15) is 14.4 Å². The standard InChI is InChI=1S/C18H28N2O5/c1-7-14(21)20(9-8-10-24-5)13(4)17(22)15-11(2)16(18(23)25-6)19-12(15)3/h13,19H,7-10H2,1-6H3/t13-/m1/s1. The van der Waals surface area contributed by atoms with Crippen molar-refractivity contribution >= 4 is 17.7 Å². The molecule has 0 saturated carbocycles. The van der Waals surface area contributed by atoms with Crippen molar-refractivity contribution in [2.24, 2.45) is 0 Å². The van der Waals surface area contributed by atoms with Crippen LogP contribution < -0.4 is 0 Å². The molecule has 0 aromatic carbocycles. The van der Waals surface area contributed by atoms with Crippen LogP contribution in [0, 0.1) is 13.8 Å². The lowest BCUT2D eigenvalue weighted by Crippen LogP contribution is -2.44. The van der Waals surface area contributed by atoms with Crippen molar-refractivity contribution in [1.82, 2.24) is 9.88 Å². The third-order valence-electron chi connectivity index (χ3n) is 4.29. The molecule has 1 N–H and O–H groups in total. The first-order chi connectivity index (χ1) is 11.8. The first-order valence-electron chi connectivity index (χ1n) is 8.40. The Hall–Kier alpha value is -2.15. The topological polar surface area (TPSA) is 88.7 Å². The quantitative estimate of drug-likeness (QED) is 0.418. The maximum Gasteiger partial charge on any atom is 0.354 e. The van der Waals surface area contributed by atoms with E-state index in [2.05, 4.69) is 4.98 Å². The van der Waals surface area contributed by atoms with E-state index < -0.39 is 12.0 Å². The first-order valence-corrected chi connectivity index (χ1v) is 8.40. The van der Waals surface area contributed by atoms with Crippen LogP contribution in [0.1, 0.15) is 58.8 Å². The number of H-pyrrole nitrogens is 1. The van der Waals surface area contributed by atoms with Crippen LogP contribution in [0.15, 0.2) is 0 Å². The van der Waals surface area contributed by atoms with Crippen LogP contribution in [-0.4, -0.2) is 61.0 Å². The van der Waals surface area contributed by atoms with E-state index in [1.54, 1.807) is 39.7 Å². The second-order valence-corrected chi connectivity index (χ2v) is 5.94. The zero-order valence-electron chi connectivity index (χ0n) is 15.9. The van der Waals surface area contributed by atoms with E-state index in [4.69, 9.17) is 9.47 Å². The monoisotopic (exact) mass is 352 g/mol. The Balaban J connectivity index is 3.12. The van der Waals surface area contributed by atoms with Crippen molar-refractivity contribution in [3.8, 4) is 0 Å². The van der Waals surface area contributed by atoms with Gasteiger partial charge in [0.05, 0.1) is 13.2 Å². The summed E-state index contributed by atoms with van der Waals surface area (Å²) in [6.07, 6.45) is 0.974. The van der Waals surface area contributed by atoms with Gasteiger partial charge in [-0.1, -0.05) is 6.92 Å². The third kappa shape index (κ3) is 4.69. The van der Waals surface area contributed by atoms with Gasteiger partial charge in [-0.25, -0.2) is 4.79 Å². The van der Waals surface area contributed by atoms with Crippen LogP contribution in [0.2, 0.25) is 0 Å². The SMILES string of the molecule is CCC(=O)N(CCCOC)[C@H](C)C(=O)c1c(C)[nH]c(C(=O)OC)c1C. The second kappa shape index (κ2) is 9.36. The second-order valence-electron chi connectivity index (χ2n) is 5.94. The summed E-state index contributed by atoms with van der Waals surface area (Å²) in [5.41, 5.74) is 1.84.